The Hall–Kier alpha value is -1.06. The van der Waals surface area contributed by atoms with Crippen LogP contribution in [0.25, 0.3) is 0 Å². The average molecular weight is 371 g/mol. The SMILES string of the molecule is CCCCCCCCCCn1cc(CO[C@@H]2OC[C@@H](O)[C@H](O)[C@H]2O)nn1. The van der Waals surface area contributed by atoms with Crippen LogP contribution in [0.1, 0.15) is 64.0 Å². The molecule has 1 aliphatic heterocycles. The third-order valence-corrected chi connectivity index (χ3v) is 4.68. The van der Waals surface area contributed by atoms with E-state index in [9.17, 15) is 15.3 Å². The number of hydrogen-bond acceptors (Lipinski definition) is 7. The minimum Gasteiger partial charge on any atom is -0.388 e. The summed E-state index contributed by atoms with van der Waals surface area (Å²) >= 11 is 0. The van der Waals surface area contributed by atoms with Crippen LogP contribution in [0, 0.1) is 0 Å². The number of rotatable bonds is 12. The number of nitrogens with zero attached hydrogens (tertiary/aromatic N) is 3. The summed E-state index contributed by atoms with van der Waals surface area (Å²) in [6, 6.07) is 0. The lowest BCUT2D eigenvalue weighted by Crippen LogP contribution is -2.53. The fraction of sp³-hybridized carbons (Fsp3) is 0.889. The number of aromatic nitrogens is 3. The van der Waals surface area contributed by atoms with Gasteiger partial charge in [0.05, 0.1) is 19.4 Å². The van der Waals surface area contributed by atoms with Gasteiger partial charge in [-0.2, -0.15) is 0 Å². The molecule has 0 unspecified atom stereocenters. The van der Waals surface area contributed by atoms with E-state index in [1.165, 1.54) is 44.9 Å². The second-order valence-corrected chi connectivity index (χ2v) is 7.01. The van der Waals surface area contributed by atoms with E-state index in [1.807, 2.05) is 6.20 Å². The van der Waals surface area contributed by atoms with Gasteiger partial charge >= 0.3 is 0 Å². The number of aliphatic hydroxyl groups excluding tert-OH is 3. The Bertz CT molecular complexity index is 499. The van der Waals surface area contributed by atoms with Gasteiger partial charge in [-0.15, -0.1) is 5.10 Å². The standard InChI is InChI=1S/C18H33N3O5/c1-2-3-4-5-6-7-8-9-10-21-11-14(19-20-21)12-25-18-17(24)16(23)15(22)13-26-18/h11,15-18,22-24H,2-10,12-13H2,1H3/t15-,16+,17-,18-/m1/s1. The Morgan fingerprint density at radius 3 is 2.50 bits per heavy atom. The molecular formula is C18H33N3O5. The Balaban J connectivity index is 1.59. The third-order valence-electron chi connectivity index (χ3n) is 4.68. The normalized spacial score (nSPS) is 26.3. The van der Waals surface area contributed by atoms with Gasteiger partial charge in [-0.05, 0) is 6.42 Å². The lowest BCUT2D eigenvalue weighted by Gasteiger charge is -2.34. The van der Waals surface area contributed by atoms with Crippen molar-refractivity contribution in [3.63, 3.8) is 0 Å². The maximum Gasteiger partial charge on any atom is 0.186 e. The van der Waals surface area contributed by atoms with Crippen molar-refractivity contribution < 1.29 is 24.8 Å². The highest BCUT2D eigenvalue weighted by atomic mass is 16.7. The fourth-order valence-electron chi connectivity index (χ4n) is 3.02. The maximum absolute atomic E-state index is 9.82. The van der Waals surface area contributed by atoms with Crippen LogP contribution in [0.4, 0.5) is 0 Å². The highest BCUT2D eigenvalue weighted by Gasteiger charge is 2.38. The van der Waals surface area contributed by atoms with Gasteiger partial charge in [-0.3, -0.25) is 4.68 Å². The van der Waals surface area contributed by atoms with E-state index >= 15 is 0 Å². The molecule has 3 N–H and O–H groups in total. The first-order valence-corrected chi connectivity index (χ1v) is 9.78. The first kappa shape index (κ1) is 21.2. The zero-order valence-corrected chi connectivity index (χ0v) is 15.7. The minimum atomic E-state index is -1.29. The number of unbranched alkanes of at least 4 members (excludes halogenated alkanes) is 7. The van der Waals surface area contributed by atoms with E-state index in [0.717, 1.165) is 13.0 Å². The Morgan fingerprint density at radius 2 is 1.77 bits per heavy atom. The molecule has 1 saturated heterocycles. The Kier molecular flexibility index (Phi) is 9.49. The van der Waals surface area contributed by atoms with Gasteiger partial charge in [0.2, 0.25) is 0 Å². The molecular weight excluding hydrogens is 338 g/mol. The Morgan fingerprint density at radius 1 is 1.08 bits per heavy atom. The molecule has 1 aromatic heterocycles. The molecule has 4 atom stereocenters. The van der Waals surface area contributed by atoms with E-state index in [4.69, 9.17) is 9.47 Å². The van der Waals surface area contributed by atoms with Crippen LogP contribution in [0.15, 0.2) is 6.20 Å². The molecule has 0 saturated carbocycles. The molecule has 0 aliphatic carbocycles. The van der Waals surface area contributed by atoms with Gasteiger partial charge < -0.3 is 24.8 Å². The molecule has 0 aromatic carbocycles. The highest BCUT2D eigenvalue weighted by molar-refractivity contribution is 4.90. The van der Waals surface area contributed by atoms with Crippen molar-refractivity contribution in [2.75, 3.05) is 6.61 Å². The lowest BCUT2D eigenvalue weighted by molar-refractivity contribution is -0.273. The molecule has 2 rings (SSSR count). The number of hydrogen-bond donors (Lipinski definition) is 3. The quantitative estimate of drug-likeness (QED) is 0.476. The average Bonchev–Trinajstić information content (AvgIpc) is 3.09. The van der Waals surface area contributed by atoms with E-state index in [1.54, 1.807) is 4.68 Å². The smallest absolute Gasteiger partial charge is 0.186 e. The molecule has 0 spiro atoms. The molecule has 0 radical (unpaired) electrons. The van der Waals surface area contributed by atoms with Crippen LogP contribution in [-0.2, 0) is 22.6 Å². The monoisotopic (exact) mass is 371 g/mol. The summed E-state index contributed by atoms with van der Waals surface area (Å²) in [5.41, 5.74) is 0.640. The van der Waals surface area contributed by atoms with Gasteiger partial charge in [0.25, 0.3) is 0 Å². The number of aliphatic hydroxyl groups is 3. The van der Waals surface area contributed by atoms with E-state index < -0.39 is 24.6 Å². The van der Waals surface area contributed by atoms with Crippen LogP contribution >= 0.6 is 0 Å². The Labute approximate surface area is 155 Å². The third kappa shape index (κ3) is 6.92. The molecule has 1 aromatic rings. The lowest BCUT2D eigenvalue weighted by atomic mass is 10.1. The molecule has 150 valence electrons. The predicted molar refractivity (Wildman–Crippen MR) is 95.2 cm³/mol. The first-order chi connectivity index (χ1) is 12.6. The van der Waals surface area contributed by atoms with Crippen LogP contribution in [0.2, 0.25) is 0 Å². The van der Waals surface area contributed by atoms with Gasteiger partial charge in [-0.1, -0.05) is 57.1 Å². The predicted octanol–water partition coefficient (Wildman–Crippen LogP) is 1.37. The van der Waals surface area contributed by atoms with E-state index in [-0.39, 0.29) is 13.2 Å². The van der Waals surface area contributed by atoms with Crippen molar-refractivity contribution in [3.8, 4) is 0 Å². The van der Waals surface area contributed by atoms with Crippen molar-refractivity contribution in [2.45, 2.75) is 96.0 Å². The molecule has 26 heavy (non-hydrogen) atoms. The first-order valence-electron chi connectivity index (χ1n) is 9.78. The van der Waals surface area contributed by atoms with Crippen LogP contribution in [0.5, 0.6) is 0 Å². The second kappa shape index (κ2) is 11.6. The fourth-order valence-corrected chi connectivity index (χ4v) is 3.02. The summed E-state index contributed by atoms with van der Waals surface area (Å²) in [6.07, 6.45) is 7.33. The van der Waals surface area contributed by atoms with Crippen molar-refractivity contribution in [2.24, 2.45) is 0 Å². The largest absolute Gasteiger partial charge is 0.388 e. The van der Waals surface area contributed by atoms with Gasteiger partial charge in [0, 0.05) is 6.54 Å². The maximum atomic E-state index is 9.82. The van der Waals surface area contributed by atoms with Crippen LogP contribution < -0.4 is 0 Å². The second-order valence-electron chi connectivity index (χ2n) is 7.01. The van der Waals surface area contributed by atoms with Crippen molar-refractivity contribution in [1.29, 1.82) is 0 Å². The summed E-state index contributed by atoms with van der Waals surface area (Å²) in [5.74, 6) is 0. The van der Waals surface area contributed by atoms with E-state index in [2.05, 4.69) is 17.2 Å². The van der Waals surface area contributed by atoms with Gasteiger partial charge in [0.15, 0.2) is 6.29 Å². The molecule has 0 amide bonds. The summed E-state index contributed by atoms with van der Waals surface area (Å²) in [7, 11) is 0. The molecule has 8 heteroatoms. The number of aryl methyl sites for hydroxylation is 1. The van der Waals surface area contributed by atoms with Crippen LogP contribution in [0.3, 0.4) is 0 Å². The number of ether oxygens (including phenoxy) is 2. The van der Waals surface area contributed by atoms with Gasteiger partial charge in [0.1, 0.15) is 24.0 Å². The summed E-state index contributed by atoms with van der Waals surface area (Å²) < 4.78 is 12.4. The molecule has 0 bridgehead atoms. The summed E-state index contributed by atoms with van der Waals surface area (Å²) in [4.78, 5) is 0. The highest BCUT2D eigenvalue weighted by Crippen LogP contribution is 2.17. The van der Waals surface area contributed by atoms with E-state index in [0.29, 0.717) is 5.69 Å². The molecule has 8 nitrogen and oxygen atoms in total. The van der Waals surface area contributed by atoms with Crippen molar-refractivity contribution >= 4 is 0 Å². The van der Waals surface area contributed by atoms with Crippen molar-refractivity contribution in [1.82, 2.24) is 15.0 Å². The van der Waals surface area contributed by atoms with Gasteiger partial charge in [-0.25, -0.2) is 0 Å². The topological polar surface area (TPSA) is 110 Å². The summed E-state index contributed by atoms with van der Waals surface area (Å²) in [5, 5.41) is 37.0. The molecule has 1 aliphatic rings. The molecule has 1 fully saturated rings. The zero-order valence-electron chi connectivity index (χ0n) is 15.7. The minimum absolute atomic E-state index is 0.0754. The zero-order chi connectivity index (χ0) is 18.8. The van der Waals surface area contributed by atoms with Crippen LogP contribution in [-0.4, -0.2) is 61.5 Å². The van der Waals surface area contributed by atoms with Crippen molar-refractivity contribution in [3.05, 3.63) is 11.9 Å². The summed E-state index contributed by atoms with van der Waals surface area (Å²) in [6.45, 7) is 3.11. The molecule has 2 heterocycles.